The lowest BCUT2D eigenvalue weighted by molar-refractivity contribution is 0.0938. The molecule has 3 aromatic rings. The molecule has 172 valence electrons. The molecule has 1 saturated heterocycles. The molecule has 1 fully saturated rings. The number of nitrogens with one attached hydrogen (secondary N) is 2. The third-order valence-corrected chi connectivity index (χ3v) is 5.78. The summed E-state index contributed by atoms with van der Waals surface area (Å²) in [5.41, 5.74) is 1.55. The van der Waals surface area contributed by atoms with Gasteiger partial charge in [-0.25, -0.2) is 4.98 Å². The van der Waals surface area contributed by atoms with Crippen LogP contribution in [0.25, 0.3) is 0 Å². The van der Waals surface area contributed by atoms with Gasteiger partial charge in [0.15, 0.2) is 0 Å². The van der Waals surface area contributed by atoms with Gasteiger partial charge in [-0.15, -0.1) is 24.8 Å². The van der Waals surface area contributed by atoms with E-state index in [0.29, 0.717) is 11.4 Å². The number of benzene rings is 1. The first kappa shape index (κ1) is 25.6. The normalized spacial score (nSPS) is 14.7. The number of piperidine rings is 1. The largest absolute Gasteiger partial charge is 0.338 e. The van der Waals surface area contributed by atoms with Gasteiger partial charge in [0, 0.05) is 31.7 Å². The minimum absolute atomic E-state index is 0. The molecule has 32 heavy (non-hydrogen) atoms. The van der Waals surface area contributed by atoms with E-state index in [1.807, 2.05) is 60.4 Å². The van der Waals surface area contributed by atoms with Crippen LogP contribution in [0.4, 0.5) is 0 Å². The summed E-state index contributed by atoms with van der Waals surface area (Å²) >= 11 is 0. The number of amides is 1. The summed E-state index contributed by atoms with van der Waals surface area (Å²) in [6, 6.07) is 11.2. The number of nitrogens with zero attached hydrogens (tertiary/aromatic N) is 3. The maximum absolute atomic E-state index is 13.3. The maximum Gasteiger partial charge on any atom is 0.263 e. The van der Waals surface area contributed by atoms with Gasteiger partial charge in [0.2, 0.25) is 0 Å². The number of pyridine rings is 1. The molecule has 9 heteroatoms. The third kappa shape index (κ3) is 5.23. The van der Waals surface area contributed by atoms with E-state index in [-0.39, 0.29) is 47.9 Å². The van der Waals surface area contributed by atoms with E-state index in [1.54, 1.807) is 17.7 Å². The number of imidazole rings is 1. The predicted molar refractivity (Wildman–Crippen MR) is 130 cm³/mol. The second kappa shape index (κ2) is 11.3. The van der Waals surface area contributed by atoms with Gasteiger partial charge in [-0.3, -0.25) is 9.59 Å². The Morgan fingerprint density at radius 2 is 1.81 bits per heavy atom. The van der Waals surface area contributed by atoms with Crippen LogP contribution in [-0.2, 0) is 7.05 Å². The van der Waals surface area contributed by atoms with Gasteiger partial charge in [0.05, 0.1) is 0 Å². The molecular weight excluding hydrogens is 449 g/mol. The van der Waals surface area contributed by atoms with Crippen molar-refractivity contribution in [3.05, 3.63) is 87.9 Å². The van der Waals surface area contributed by atoms with Crippen LogP contribution in [0.15, 0.2) is 59.8 Å². The maximum atomic E-state index is 13.3. The Hall–Kier alpha value is -2.61. The highest BCUT2D eigenvalue weighted by atomic mass is 35.5. The minimum Gasteiger partial charge on any atom is -0.338 e. The van der Waals surface area contributed by atoms with Crippen LogP contribution >= 0.6 is 24.8 Å². The molecule has 2 N–H and O–H groups in total. The van der Waals surface area contributed by atoms with Crippen LogP contribution in [0.1, 0.15) is 52.2 Å². The number of aryl methyl sites for hydroxylation is 2. The molecule has 1 unspecified atom stereocenters. The zero-order chi connectivity index (χ0) is 21.1. The zero-order valence-electron chi connectivity index (χ0n) is 18.2. The molecule has 0 bridgehead atoms. The van der Waals surface area contributed by atoms with Gasteiger partial charge in [0.1, 0.15) is 17.4 Å². The van der Waals surface area contributed by atoms with E-state index >= 15 is 0 Å². The van der Waals surface area contributed by atoms with Crippen molar-refractivity contribution in [2.24, 2.45) is 7.05 Å². The summed E-state index contributed by atoms with van der Waals surface area (Å²) in [6.45, 7) is 3.56. The Balaban J connectivity index is 0.00000181. The molecule has 0 aliphatic carbocycles. The molecule has 1 aliphatic heterocycles. The standard InChI is InChI=1S/C23H27N5O2.2ClH/c1-16-10-14-28(18-8-11-24-12-9-18)23(30)19(16)22(29)26-20(17-6-4-3-5-7-17)21-25-13-15-27(21)2;;/h3-7,10,13-15,18,20,24H,8-9,11-12H2,1-2H3,(H,26,29);2*1H. The number of carbonyl (C=O) groups is 1. The van der Waals surface area contributed by atoms with E-state index in [4.69, 9.17) is 0 Å². The van der Waals surface area contributed by atoms with E-state index < -0.39 is 6.04 Å². The summed E-state index contributed by atoms with van der Waals surface area (Å²) in [5, 5.41) is 6.37. The van der Waals surface area contributed by atoms with Gasteiger partial charge in [-0.05, 0) is 50.0 Å². The van der Waals surface area contributed by atoms with E-state index in [0.717, 1.165) is 31.5 Å². The fourth-order valence-corrected chi connectivity index (χ4v) is 4.09. The molecule has 0 spiro atoms. The third-order valence-electron chi connectivity index (χ3n) is 5.78. The Kier molecular flexibility index (Phi) is 9.07. The predicted octanol–water partition coefficient (Wildman–Crippen LogP) is 3.18. The SMILES string of the molecule is Cc1ccn(C2CCNCC2)c(=O)c1C(=O)NC(c1ccccc1)c1nccn1C.Cl.Cl. The summed E-state index contributed by atoms with van der Waals surface area (Å²) in [5.74, 6) is 0.333. The van der Waals surface area contributed by atoms with Gasteiger partial charge in [-0.1, -0.05) is 30.3 Å². The van der Waals surface area contributed by atoms with E-state index in [2.05, 4.69) is 15.6 Å². The van der Waals surface area contributed by atoms with Crippen LogP contribution < -0.4 is 16.2 Å². The molecule has 0 radical (unpaired) electrons. The van der Waals surface area contributed by atoms with Crippen molar-refractivity contribution in [2.45, 2.75) is 31.8 Å². The van der Waals surface area contributed by atoms with Crippen LogP contribution in [0.2, 0.25) is 0 Å². The average molecular weight is 478 g/mol. The Labute approximate surface area is 200 Å². The van der Waals surface area contributed by atoms with Crippen molar-refractivity contribution in [1.29, 1.82) is 0 Å². The molecule has 1 atom stereocenters. The second-order valence-electron chi connectivity index (χ2n) is 7.78. The molecule has 7 nitrogen and oxygen atoms in total. The number of rotatable bonds is 5. The van der Waals surface area contributed by atoms with Crippen LogP contribution in [0.5, 0.6) is 0 Å². The molecule has 1 aromatic carbocycles. The quantitative estimate of drug-likeness (QED) is 0.591. The van der Waals surface area contributed by atoms with Crippen LogP contribution in [0.3, 0.4) is 0 Å². The summed E-state index contributed by atoms with van der Waals surface area (Å²) in [6.07, 6.45) is 7.12. The van der Waals surface area contributed by atoms with Crippen molar-refractivity contribution in [1.82, 2.24) is 24.8 Å². The summed E-state index contributed by atoms with van der Waals surface area (Å²) in [4.78, 5) is 31.0. The Bertz CT molecular complexity index is 1090. The van der Waals surface area contributed by atoms with Gasteiger partial charge >= 0.3 is 0 Å². The van der Waals surface area contributed by atoms with E-state index in [1.165, 1.54) is 0 Å². The average Bonchev–Trinajstić information content (AvgIpc) is 3.19. The highest BCUT2D eigenvalue weighted by Gasteiger charge is 2.25. The molecule has 1 aliphatic rings. The lowest BCUT2D eigenvalue weighted by Gasteiger charge is -2.26. The summed E-state index contributed by atoms with van der Waals surface area (Å²) in [7, 11) is 1.89. The van der Waals surface area contributed by atoms with Crippen molar-refractivity contribution in [3.63, 3.8) is 0 Å². The highest BCUT2D eigenvalue weighted by molar-refractivity contribution is 5.95. The molecular formula is C23H29Cl2N5O2. The topological polar surface area (TPSA) is 81.0 Å². The Morgan fingerprint density at radius 3 is 2.44 bits per heavy atom. The number of carbonyl (C=O) groups excluding carboxylic acids is 1. The van der Waals surface area contributed by atoms with Gasteiger partial charge in [0.25, 0.3) is 11.5 Å². The number of hydrogen-bond acceptors (Lipinski definition) is 4. The first-order chi connectivity index (χ1) is 14.6. The number of halogens is 2. The number of aromatic nitrogens is 3. The molecule has 0 saturated carbocycles. The monoisotopic (exact) mass is 477 g/mol. The molecule has 1 amide bonds. The van der Waals surface area contributed by atoms with Crippen LogP contribution in [-0.4, -0.2) is 33.1 Å². The molecule has 2 aromatic heterocycles. The van der Waals surface area contributed by atoms with Crippen molar-refractivity contribution >= 4 is 30.7 Å². The lowest BCUT2D eigenvalue weighted by atomic mass is 10.0. The first-order valence-electron chi connectivity index (χ1n) is 10.3. The lowest BCUT2D eigenvalue weighted by Crippen LogP contribution is -2.39. The van der Waals surface area contributed by atoms with Crippen LogP contribution in [0, 0.1) is 6.92 Å². The summed E-state index contributed by atoms with van der Waals surface area (Å²) < 4.78 is 3.60. The fraction of sp³-hybridized carbons (Fsp3) is 0.348. The zero-order valence-corrected chi connectivity index (χ0v) is 19.8. The molecule has 4 rings (SSSR count). The molecule has 3 heterocycles. The smallest absolute Gasteiger partial charge is 0.263 e. The minimum atomic E-state index is -0.454. The van der Waals surface area contributed by atoms with Crippen molar-refractivity contribution in [2.75, 3.05) is 13.1 Å². The highest BCUT2D eigenvalue weighted by Crippen LogP contribution is 2.22. The fourth-order valence-electron chi connectivity index (χ4n) is 4.09. The van der Waals surface area contributed by atoms with E-state index in [9.17, 15) is 9.59 Å². The Morgan fingerprint density at radius 1 is 1.12 bits per heavy atom. The first-order valence-corrected chi connectivity index (χ1v) is 10.3. The van der Waals surface area contributed by atoms with Gasteiger partial charge in [-0.2, -0.15) is 0 Å². The van der Waals surface area contributed by atoms with Gasteiger partial charge < -0.3 is 19.8 Å². The van der Waals surface area contributed by atoms with Crippen molar-refractivity contribution < 1.29 is 4.79 Å². The van der Waals surface area contributed by atoms with Crippen molar-refractivity contribution in [3.8, 4) is 0 Å². The second-order valence-corrected chi connectivity index (χ2v) is 7.78. The number of hydrogen-bond donors (Lipinski definition) is 2.